The third-order valence-electron chi connectivity index (χ3n) is 2.99. The van der Waals surface area contributed by atoms with Crippen LogP contribution < -0.4 is 0 Å². The Bertz CT molecular complexity index is 414. The number of amides is 1. The zero-order chi connectivity index (χ0) is 11.7. The van der Waals surface area contributed by atoms with Crippen LogP contribution in [0, 0.1) is 5.92 Å². The fraction of sp³-hybridized carbons (Fsp3) is 0.462. The van der Waals surface area contributed by atoms with Crippen LogP contribution in [0.4, 0.5) is 0 Å². The van der Waals surface area contributed by atoms with E-state index in [9.17, 15) is 4.79 Å². The second-order valence-corrected chi connectivity index (χ2v) is 5.01. The van der Waals surface area contributed by atoms with Gasteiger partial charge >= 0.3 is 0 Å². The Morgan fingerprint density at radius 3 is 2.81 bits per heavy atom. The first-order chi connectivity index (χ1) is 7.58. The van der Waals surface area contributed by atoms with Crippen LogP contribution in [0.2, 0.25) is 5.02 Å². The number of halogens is 1. The van der Waals surface area contributed by atoms with E-state index < -0.39 is 0 Å². The average molecular weight is 238 g/mol. The van der Waals surface area contributed by atoms with Crippen molar-refractivity contribution in [1.29, 1.82) is 0 Å². The summed E-state index contributed by atoms with van der Waals surface area (Å²) in [6, 6.07) is 5.93. The highest BCUT2D eigenvalue weighted by Crippen LogP contribution is 2.23. The van der Waals surface area contributed by atoms with E-state index in [1.54, 1.807) is 0 Å². The maximum Gasteiger partial charge on any atom is 0.225 e. The van der Waals surface area contributed by atoms with Crippen molar-refractivity contribution in [2.45, 2.75) is 26.8 Å². The molecule has 1 heterocycles. The van der Waals surface area contributed by atoms with Crippen molar-refractivity contribution in [3.05, 3.63) is 34.3 Å². The van der Waals surface area contributed by atoms with Gasteiger partial charge in [0.15, 0.2) is 0 Å². The van der Waals surface area contributed by atoms with Crippen LogP contribution in [-0.4, -0.2) is 17.4 Å². The minimum atomic E-state index is 0.0776. The number of carbonyl (C=O) groups is 1. The molecule has 0 saturated carbocycles. The molecule has 0 aliphatic carbocycles. The van der Waals surface area contributed by atoms with E-state index in [1.807, 2.05) is 36.9 Å². The summed E-state index contributed by atoms with van der Waals surface area (Å²) in [6.45, 7) is 5.42. The highest BCUT2D eigenvalue weighted by atomic mass is 35.5. The molecule has 0 aromatic heterocycles. The molecule has 1 aromatic carbocycles. The van der Waals surface area contributed by atoms with Gasteiger partial charge in [0.25, 0.3) is 0 Å². The predicted octanol–water partition coefficient (Wildman–Crippen LogP) is 2.88. The van der Waals surface area contributed by atoms with Crippen molar-refractivity contribution in [3.8, 4) is 0 Å². The van der Waals surface area contributed by atoms with Crippen molar-refractivity contribution in [1.82, 2.24) is 4.90 Å². The Hall–Kier alpha value is -1.02. The van der Waals surface area contributed by atoms with E-state index in [0.29, 0.717) is 0 Å². The standard InChI is InChI=1S/C13H16ClNO/c1-9(2)13(16)15-6-5-10-7-12(14)4-3-11(10)8-15/h3-4,7,9H,5-6,8H2,1-2H3. The summed E-state index contributed by atoms with van der Waals surface area (Å²) in [5.41, 5.74) is 2.50. The van der Waals surface area contributed by atoms with Crippen LogP contribution in [0.5, 0.6) is 0 Å². The second-order valence-electron chi connectivity index (χ2n) is 4.58. The summed E-state index contributed by atoms with van der Waals surface area (Å²) in [6.07, 6.45) is 0.911. The molecule has 16 heavy (non-hydrogen) atoms. The molecule has 0 unspecified atom stereocenters. The second kappa shape index (κ2) is 4.46. The summed E-state index contributed by atoms with van der Waals surface area (Å²) in [5.74, 6) is 0.314. The van der Waals surface area contributed by atoms with Crippen LogP contribution in [0.1, 0.15) is 25.0 Å². The zero-order valence-corrected chi connectivity index (χ0v) is 10.4. The maximum atomic E-state index is 11.9. The van der Waals surface area contributed by atoms with Crippen molar-refractivity contribution < 1.29 is 4.79 Å². The SMILES string of the molecule is CC(C)C(=O)N1CCc2cc(Cl)ccc2C1. The number of hydrogen-bond donors (Lipinski definition) is 0. The van der Waals surface area contributed by atoms with Gasteiger partial charge in [0.05, 0.1) is 0 Å². The van der Waals surface area contributed by atoms with Crippen molar-refractivity contribution in [2.24, 2.45) is 5.92 Å². The zero-order valence-electron chi connectivity index (χ0n) is 9.66. The molecule has 0 atom stereocenters. The lowest BCUT2D eigenvalue weighted by molar-refractivity contribution is -0.135. The molecular weight excluding hydrogens is 222 g/mol. The van der Waals surface area contributed by atoms with Crippen LogP contribution in [0.25, 0.3) is 0 Å². The molecular formula is C13H16ClNO. The molecule has 86 valence electrons. The predicted molar refractivity (Wildman–Crippen MR) is 65.4 cm³/mol. The Balaban J connectivity index is 2.18. The number of benzene rings is 1. The molecule has 0 spiro atoms. The van der Waals surface area contributed by atoms with Gasteiger partial charge in [0.2, 0.25) is 5.91 Å². The molecule has 1 amide bonds. The van der Waals surface area contributed by atoms with Gasteiger partial charge in [-0.1, -0.05) is 31.5 Å². The highest BCUT2D eigenvalue weighted by molar-refractivity contribution is 6.30. The minimum absolute atomic E-state index is 0.0776. The van der Waals surface area contributed by atoms with E-state index in [0.717, 1.165) is 24.5 Å². The van der Waals surface area contributed by atoms with E-state index >= 15 is 0 Å². The molecule has 2 nitrogen and oxygen atoms in total. The number of fused-ring (bicyclic) bond motifs is 1. The van der Waals surface area contributed by atoms with Gasteiger partial charge in [-0.2, -0.15) is 0 Å². The van der Waals surface area contributed by atoms with Gasteiger partial charge in [0, 0.05) is 24.0 Å². The number of nitrogens with zero attached hydrogens (tertiary/aromatic N) is 1. The third-order valence-corrected chi connectivity index (χ3v) is 3.22. The summed E-state index contributed by atoms with van der Waals surface area (Å²) < 4.78 is 0. The summed E-state index contributed by atoms with van der Waals surface area (Å²) in [4.78, 5) is 13.8. The first kappa shape index (κ1) is 11.5. The topological polar surface area (TPSA) is 20.3 Å². The Labute approximate surface area is 101 Å². The van der Waals surface area contributed by atoms with Crippen molar-refractivity contribution in [3.63, 3.8) is 0 Å². The smallest absolute Gasteiger partial charge is 0.225 e. The molecule has 2 rings (SSSR count). The minimum Gasteiger partial charge on any atom is -0.338 e. The average Bonchev–Trinajstić information content (AvgIpc) is 2.27. The lowest BCUT2D eigenvalue weighted by atomic mass is 9.99. The monoisotopic (exact) mass is 237 g/mol. The molecule has 1 aliphatic rings. The maximum absolute atomic E-state index is 11.9. The molecule has 0 fully saturated rings. The van der Waals surface area contributed by atoms with Gasteiger partial charge in [-0.3, -0.25) is 4.79 Å². The van der Waals surface area contributed by atoms with Gasteiger partial charge in [-0.05, 0) is 29.7 Å². The summed E-state index contributed by atoms with van der Waals surface area (Å²) in [5, 5.41) is 0.780. The molecule has 3 heteroatoms. The quantitative estimate of drug-likeness (QED) is 0.736. The highest BCUT2D eigenvalue weighted by Gasteiger charge is 2.22. The third kappa shape index (κ3) is 2.22. The summed E-state index contributed by atoms with van der Waals surface area (Å²) >= 11 is 5.95. The largest absolute Gasteiger partial charge is 0.338 e. The van der Waals surface area contributed by atoms with Crippen LogP contribution >= 0.6 is 11.6 Å². The molecule has 0 radical (unpaired) electrons. The van der Waals surface area contributed by atoms with Gasteiger partial charge in [-0.15, -0.1) is 0 Å². The van der Waals surface area contributed by atoms with E-state index in [1.165, 1.54) is 11.1 Å². The van der Waals surface area contributed by atoms with Crippen molar-refractivity contribution in [2.75, 3.05) is 6.54 Å². The first-order valence-electron chi connectivity index (χ1n) is 5.64. The number of hydrogen-bond acceptors (Lipinski definition) is 1. The van der Waals surface area contributed by atoms with Gasteiger partial charge in [-0.25, -0.2) is 0 Å². The molecule has 0 bridgehead atoms. The molecule has 0 N–H and O–H groups in total. The lowest BCUT2D eigenvalue weighted by Crippen LogP contribution is -2.38. The molecule has 0 saturated heterocycles. The Kier molecular flexibility index (Phi) is 3.20. The number of carbonyl (C=O) groups excluding carboxylic acids is 1. The van der Waals surface area contributed by atoms with Gasteiger partial charge < -0.3 is 4.90 Å². The van der Waals surface area contributed by atoms with E-state index in [-0.39, 0.29) is 11.8 Å². The first-order valence-corrected chi connectivity index (χ1v) is 6.02. The number of rotatable bonds is 1. The molecule has 1 aromatic rings. The van der Waals surface area contributed by atoms with Gasteiger partial charge in [0.1, 0.15) is 0 Å². The normalized spacial score (nSPS) is 15.1. The van der Waals surface area contributed by atoms with E-state index in [4.69, 9.17) is 11.6 Å². The van der Waals surface area contributed by atoms with E-state index in [2.05, 4.69) is 0 Å². The van der Waals surface area contributed by atoms with Crippen LogP contribution in [0.15, 0.2) is 18.2 Å². The van der Waals surface area contributed by atoms with Crippen molar-refractivity contribution >= 4 is 17.5 Å². The lowest BCUT2D eigenvalue weighted by Gasteiger charge is -2.30. The van der Waals surface area contributed by atoms with Crippen LogP contribution in [0.3, 0.4) is 0 Å². The fourth-order valence-electron chi connectivity index (χ4n) is 2.07. The molecule has 1 aliphatic heterocycles. The Morgan fingerprint density at radius 2 is 2.12 bits per heavy atom. The van der Waals surface area contributed by atoms with Crippen LogP contribution in [-0.2, 0) is 17.8 Å². The Morgan fingerprint density at radius 1 is 1.38 bits per heavy atom. The summed E-state index contributed by atoms with van der Waals surface area (Å²) in [7, 11) is 0. The fourth-order valence-corrected chi connectivity index (χ4v) is 2.27.